The maximum atomic E-state index is 12.7. The Morgan fingerprint density at radius 2 is 1.37 bits per heavy atom. The maximum absolute atomic E-state index is 12.7. The molecule has 3 nitrogen and oxygen atoms in total. The lowest BCUT2D eigenvalue weighted by Crippen LogP contribution is -2.29. The molecule has 0 saturated heterocycles. The predicted molar refractivity (Wildman–Crippen MR) is 112 cm³/mol. The van der Waals surface area contributed by atoms with Crippen LogP contribution < -0.4 is 4.72 Å². The van der Waals surface area contributed by atoms with Gasteiger partial charge in [-0.3, -0.25) is 4.72 Å². The SMILES string of the molecule is O=S(=O)(Nc1cccc(C=C2c3ccccc3CCc3ccccc32)c1)C(F)(F)F. The molecular formula is C23H18F3NO2S. The Bertz CT molecular complexity index is 1180. The van der Waals surface area contributed by atoms with E-state index in [1.54, 1.807) is 10.8 Å². The number of hydrogen-bond donors (Lipinski definition) is 1. The highest BCUT2D eigenvalue weighted by Gasteiger charge is 2.46. The van der Waals surface area contributed by atoms with E-state index in [9.17, 15) is 21.6 Å². The summed E-state index contributed by atoms with van der Waals surface area (Å²) in [6.45, 7) is 0. The van der Waals surface area contributed by atoms with Gasteiger partial charge in [-0.15, -0.1) is 0 Å². The molecule has 0 aromatic heterocycles. The summed E-state index contributed by atoms with van der Waals surface area (Å²) in [7, 11) is -5.47. The molecule has 0 spiro atoms. The van der Waals surface area contributed by atoms with E-state index < -0.39 is 15.5 Å². The zero-order valence-corrected chi connectivity index (χ0v) is 16.6. The van der Waals surface area contributed by atoms with Crippen LogP contribution in [0, 0.1) is 0 Å². The lowest BCUT2D eigenvalue weighted by Gasteiger charge is -2.13. The molecule has 0 aliphatic heterocycles. The molecule has 0 amide bonds. The second-order valence-corrected chi connectivity index (χ2v) is 8.72. The number of nitrogens with one attached hydrogen (secondary N) is 1. The fraction of sp³-hybridized carbons (Fsp3) is 0.130. The molecular weight excluding hydrogens is 411 g/mol. The van der Waals surface area contributed by atoms with E-state index in [1.807, 2.05) is 42.5 Å². The Hall–Kier alpha value is -3.06. The minimum Gasteiger partial charge on any atom is -0.276 e. The van der Waals surface area contributed by atoms with Crippen molar-refractivity contribution in [2.24, 2.45) is 0 Å². The van der Waals surface area contributed by atoms with Crippen LogP contribution in [-0.4, -0.2) is 13.9 Å². The van der Waals surface area contributed by atoms with Crippen LogP contribution in [0.1, 0.15) is 27.8 Å². The van der Waals surface area contributed by atoms with E-state index in [-0.39, 0.29) is 5.69 Å². The molecule has 1 N–H and O–H groups in total. The van der Waals surface area contributed by atoms with Crippen molar-refractivity contribution in [1.82, 2.24) is 0 Å². The normalized spacial score (nSPS) is 13.8. The molecule has 1 aliphatic carbocycles. The second-order valence-electron chi connectivity index (χ2n) is 7.05. The Morgan fingerprint density at radius 1 is 0.800 bits per heavy atom. The smallest absolute Gasteiger partial charge is 0.276 e. The number of hydrogen-bond acceptors (Lipinski definition) is 2. The maximum Gasteiger partial charge on any atom is 0.516 e. The van der Waals surface area contributed by atoms with Crippen LogP contribution in [0.4, 0.5) is 18.9 Å². The summed E-state index contributed by atoms with van der Waals surface area (Å²) in [5.41, 5.74) is 0.529. The van der Waals surface area contributed by atoms with Gasteiger partial charge in [0.1, 0.15) is 0 Å². The summed E-state index contributed by atoms with van der Waals surface area (Å²) in [6, 6.07) is 22.0. The standard InChI is InChI=1S/C23H18F3NO2S/c24-23(25,26)30(28,29)27-19-9-5-6-16(14-19)15-22-20-10-3-1-7-17(20)12-13-18-8-2-4-11-21(18)22/h1-11,14-15,27H,12-13H2. The van der Waals surface area contributed by atoms with E-state index in [0.717, 1.165) is 29.5 Å². The molecule has 1 aliphatic rings. The molecule has 154 valence electrons. The number of alkyl halides is 3. The summed E-state index contributed by atoms with van der Waals surface area (Å²) in [5, 5.41) is 0. The van der Waals surface area contributed by atoms with Gasteiger partial charge in [0.25, 0.3) is 0 Å². The van der Waals surface area contributed by atoms with Crippen molar-refractivity contribution in [2.45, 2.75) is 18.3 Å². The van der Waals surface area contributed by atoms with Crippen LogP contribution in [-0.2, 0) is 22.9 Å². The number of sulfonamides is 1. The Labute approximate surface area is 172 Å². The van der Waals surface area contributed by atoms with E-state index in [1.165, 1.54) is 29.3 Å². The van der Waals surface area contributed by atoms with Crippen molar-refractivity contribution in [3.05, 3.63) is 101 Å². The van der Waals surface area contributed by atoms with E-state index in [0.29, 0.717) is 5.56 Å². The highest BCUT2D eigenvalue weighted by atomic mass is 32.2. The highest BCUT2D eigenvalue weighted by molar-refractivity contribution is 7.93. The van der Waals surface area contributed by atoms with Gasteiger partial charge in [0.2, 0.25) is 0 Å². The summed E-state index contributed by atoms with van der Waals surface area (Å²) in [6.07, 6.45) is 3.65. The van der Waals surface area contributed by atoms with Gasteiger partial charge in [0.05, 0.1) is 0 Å². The number of rotatable bonds is 3. The van der Waals surface area contributed by atoms with Crippen LogP contribution in [0.25, 0.3) is 11.6 Å². The molecule has 7 heteroatoms. The van der Waals surface area contributed by atoms with Crippen LogP contribution in [0.3, 0.4) is 0 Å². The van der Waals surface area contributed by atoms with Gasteiger partial charge in [-0.1, -0.05) is 60.7 Å². The van der Waals surface area contributed by atoms with Crippen molar-refractivity contribution in [1.29, 1.82) is 0 Å². The number of benzene rings is 3. The minimum absolute atomic E-state index is 0.142. The van der Waals surface area contributed by atoms with Gasteiger partial charge < -0.3 is 0 Å². The fourth-order valence-electron chi connectivity index (χ4n) is 3.64. The van der Waals surface area contributed by atoms with Gasteiger partial charge in [0, 0.05) is 5.69 Å². The summed E-state index contributed by atoms with van der Waals surface area (Å²) in [5.74, 6) is 0. The first-order chi connectivity index (χ1) is 14.2. The molecule has 0 saturated carbocycles. The Morgan fingerprint density at radius 3 is 1.93 bits per heavy atom. The molecule has 0 heterocycles. The molecule has 0 fully saturated rings. The third-order valence-corrected chi connectivity index (χ3v) is 6.15. The van der Waals surface area contributed by atoms with Crippen molar-refractivity contribution in [2.75, 3.05) is 4.72 Å². The average Bonchev–Trinajstić information content (AvgIpc) is 2.85. The number of fused-ring (bicyclic) bond motifs is 2. The topological polar surface area (TPSA) is 46.2 Å². The monoisotopic (exact) mass is 429 g/mol. The van der Waals surface area contributed by atoms with Crippen molar-refractivity contribution in [3.8, 4) is 0 Å². The fourth-order valence-corrected chi connectivity index (χ4v) is 4.20. The van der Waals surface area contributed by atoms with Gasteiger partial charge in [-0.05, 0) is 64.4 Å². The Kier molecular flexibility index (Phi) is 5.15. The number of anilines is 1. The molecule has 4 rings (SSSR count). The summed E-state index contributed by atoms with van der Waals surface area (Å²) in [4.78, 5) is 0. The van der Waals surface area contributed by atoms with Gasteiger partial charge in [-0.2, -0.15) is 21.6 Å². The van der Waals surface area contributed by atoms with Crippen molar-refractivity contribution < 1.29 is 21.6 Å². The van der Waals surface area contributed by atoms with E-state index in [4.69, 9.17) is 0 Å². The quantitative estimate of drug-likeness (QED) is 0.586. The van der Waals surface area contributed by atoms with Gasteiger partial charge in [0.15, 0.2) is 0 Å². The Balaban J connectivity index is 1.81. The summed E-state index contributed by atoms with van der Waals surface area (Å²) < 4.78 is 62.6. The highest BCUT2D eigenvalue weighted by Crippen LogP contribution is 2.35. The summed E-state index contributed by atoms with van der Waals surface area (Å²) >= 11 is 0. The first kappa shape index (κ1) is 20.2. The van der Waals surface area contributed by atoms with Crippen molar-refractivity contribution >= 4 is 27.4 Å². The molecule has 0 atom stereocenters. The molecule has 30 heavy (non-hydrogen) atoms. The third-order valence-electron chi connectivity index (χ3n) is 5.03. The van der Waals surface area contributed by atoms with Crippen LogP contribution in [0.2, 0.25) is 0 Å². The number of halogens is 3. The largest absolute Gasteiger partial charge is 0.516 e. The lowest BCUT2D eigenvalue weighted by molar-refractivity contribution is -0.0429. The van der Waals surface area contributed by atoms with E-state index in [2.05, 4.69) is 12.1 Å². The lowest BCUT2D eigenvalue weighted by atomic mass is 9.92. The zero-order chi connectivity index (χ0) is 21.4. The minimum atomic E-state index is -5.47. The molecule has 0 unspecified atom stereocenters. The third kappa shape index (κ3) is 3.98. The molecule has 0 radical (unpaired) electrons. The van der Waals surface area contributed by atoms with E-state index >= 15 is 0 Å². The van der Waals surface area contributed by atoms with Crippen LogP contribution >= 0.6 is 0 Å². The number of aryl methyl sites for hydroxylation is 2. The van der Waals surface area contributed by atoms with Crippen LogP contribution in [0.15, 0.2) is 72.8 Å². The molecule has 3 aromatic carbocycles. The van der Waals surface area contributed by atoms with Gasteiger partial charge in [-0.25, -0.2) is 0 Å². The first-order valence-electron chi connectivity index (χ1n) is 9.32. The second kappa shape index (κ2) is 7.65. The van der Waals surface area contributed by atoms with Crippen molar-refractivity contribution in [3.63, 3.8) is 0 Å². The van der Waals surface area contributed by atoms with Crippen LogP contribution in [0.5, 0.6) is 0 Å². The first-order valence-corrected chi connectivity index (χ1v) is 10.8. The zero-order valence-electron chi connectivity index (χ0n) is 15.8. The average molecular weight is 429 g/mol. The van der Waals surface area contributed by atoms with Gasteiger partial charge >= 0.3 is 15.5 Å². The predicted octanol–water partition coefficient (Wildman–Crippen LogP) is 5.64. The molecule has 3 aromatic rings. The molecule has 0 bridgehead atoms.